The molecule has 1 N–H and O–H groups in total. The molecule has 2 atom stereocenters. The Bertz CT molecular complexity index is 253. The molecular formula is C8H11F3N2O. The molecule has 2 fully saturated rings. The van der Waals surface area contributed by atoms with E-state index in [9.17, 15) is 18.0 Å². The third-order valence-electron chi connectivity index (χ3n) is 2.95. The molecule has 2 saturated heterocycles. The second-order valence-corrected chi connectivity index (χ2v) is 3.77. The van der Waals surface area contributed by atoms with E-state index >= 15 is 0 Å². The number of hydrogen-bond donors (Lipinski definition) is 1. The summed E-state index contributed by atoms with van der Waals surface area (Å²) in [6.45, 7) is 1.47. The molecule has 0 aromatic heterocycles. The normalized spacial score (nSPS) is 32.1. The molecule has 0 bridgehead atoms. The van der Waals surface area contributed by atoms with Gasteiger partial charge in [-0.05, 0) is 12.3 Å². The molecule has 2 heterocycles. The molecule has 0 radical (unpaired) electrons. The molecule has 2 aliphatic rings. The van der Waals surface area contributed by atoms with Gasteiger partial charge < -0.3 is 10.2 Å². The van der Waals surface area contributed by atoms with Crippen molar-refractivity contribution in [3.8, 4) is 0 Å². The van der Waals surface area contributed by atoms with Crippen LogP contribution in [-0.4, -0.2) is 42.7 Å². The first-order valence-electron chi connectivity index (χ1n) is 4.58. The van der Waals surface area contributed by atoms with Crippen molar-refractivity contribution >= 4 is 5.91 Å². The largest absolute Gasteiger partial charge is 0.471 e. The summed E-state index contributed by atoms with van der Waals surface area (Å²) in [5.74, 6) is -1.48. The monoisotopic (exact) mass is 208 g/mol. The van der Waals surface area contributed by atoms with E-state index in [1.165, 1.54) is 0 Å². The molecule has 2 aliphatic heterocycles. The Labute approximate surface area is 79.3 Å². The first-order chi connectivity index (χ1) is 6.50. The van der Waals surface area contributed by atoms with Crippen LogP contribution in [0.3, 0.4) is 0 Å². The average Bonchev–Trinajstić information content (AvgIpc) is 2.59. The summed E-state index contributed by atoms with van der Waals surface area (Å²) in [4.78, 5) is 11.9. The topological polar surface area (TPSA) is 32.3 Å². The third-order valence-corrected chi connectivity index (χ3v) is 2.95. The standard InChI is InChI=1S/C8H11F3N2O/c9-8(10,11)7(14)13-2-1-5-3-12-4-6(5)13/h5-6,12H,1-4H2/t5-,6+/m1/s1. The van der Waals surface area contributed by atoms with E-state index in [-0.39, 0.29) is 18.5 Å². The van der Waals surface area contributed by atoms with Gasteiger partial charge in [-0.25, -0.2) is 0 Å². The van der Waals surface area contributed by atoms with Crippen LogP contribution in [0.25, 0.3) is 0 Å². The number of halogens is 3. The lowest BCUT2D eigenvalue weighted by Crippen LogP contribution is -2.45. The number of amides is 1. The van der Waals surface area contributed by atoms with Gasteiger partial charge in [0, 0.05) is 25.7 Å². The highest BCUT2D eigenvalue weighted by Gasteiger charge is 2.49. The second-order valence-electron chi connectivity index (χ2n) is 3.77. The Balaban J connectivity index is 2.09. The molecule has 0 saturated carbocycles. The maximum absolute atomic E-state index is 12.1. The van der Waals surface area contributed by atoms with Crippen molar-refractivity contribution in [2.45, 2.75) is 18.6 Å². The zero-order valence-corrected chi connectivity index (χ0v) is 7.47. The Morgan fingerprint density at radius 1 is 1.36 bits per heavy atom. The van der Waals surface area contributed by atoms with E-state index in [0.29, 0.717) is 13.0 Å². The summed E-state index contributed by atoms with van der Waals surface area (Å²) in [7, 11) is 0. The maximum atomic E-state index is 12.1. The lowest BCUT2D eigenvalue weighted by atomic mass is 10.1. The fourth-order valence-electron chi connectivity index (χ4n) is 2.26. The Hall–Kier alpha value is -0.780. The SMILES string of the molecule is O=C(N1CC[C@@H]2CNC[C@@H]21)C(F)(F)F. The fourth-order valence-corrected chi connectivity index (χ4v) is 2.26. The van der Waals surface area contributed by atoms with Crippen LogP contribution in [0.15, 0.2) is 0 Å². The number of rotatable bonds is 0. The number of nitrogens with one attached hydrogen (secondary N) is 1. The second kappa shape index (κ2) is 3.12. The van der Waals surface area contributed by atoms with E-state index in [0.717, 1.165) is 11.4 Å². The van der Waals surface area contributed by atoms with Gasteiger partial charge in [0.15, 0.2) is 0 Å². The Kier molecular flexibility index (Phi) is 2.17. The van der Waals surface area contributed by atoms with Gasteiger partial charge in [0.2, 0.25) is 0 Å². The highest BCUT2D eigenvalue weighted by molar-refractivity contribution is 5.82. The molecule has 0 aromatic rings. The molecule has 0 aromatic carbocycles. The smallest absolute Gasteiger partial charge is 0.330 e. The molecule has 0 unspecified atom stereocenters. The summed E-state index contributed by atoms with van der Waals surface area (Å²) < 4.78 is 36.4. The molecule has 0 aliphatic carbocycles. The number of likely N-dealkylation sites (tertiary alicyclic amines) is 1. The predicted octanol–water partition coefficient (Wildman–Crippen LogP) is 0.369. The molecule has 6 heteroatoms. The van der Waals surface area contributed by atoms with Crippen molar-refractivity contribution in [2.24, 2.45) is 5.92 Å². The Morgan fingerprint density at radius 3 is 2.71 bits per heavy atom. The summed E-state index contributed by atoms with van der Waals surface area (Å²) in [6.07, 6.45) is -4.04. The van der Waals surface area contributed by atoms with Crippen LogP contribution in [0.5, 0.6) is 0 Å². The predicted molar refractivity (Wildman–Crippen MR) is 42.5 cm³/mol. The van der Waals surface area contributed by atoms with Gasteiger partial charge in [-0.15, -0.1) is 0 Å². The van der Waals surface area contributed by atoms with Crippen LogP contribution in [0.4, 0.5) is 13.2 Å². The summed E-state index contributed by atoms with van der Waals surface area (Å²) in [5.41, 5.74) is 0. The van der Waals surface area contributed by atoms with Crippen molar-refractivity contribution in [1.29, 1.82) is 0 Å². The van der Waals surface area contributed by atoms with Gasteiger partial charge >= 0.3 is 12.1 Å². The van der Waals surface area contributed by atoms with E-state index in [2.05, 4.69) is 5.32 Å². The fraction of sp³-hybridized carbons (Fsp3) is 0.875. The first kappa shape index (κ1) is 9.76. The minimum absolute atomic E-state index is 0.210. The summed E-state index contributed by atoms with van der Waals surface area (Å²) in [5, 5.41) is 3.00. The highest BCUT2D eigenvalue weighted by atomic mass is 19.4. The molecule has 14 heavy (non-hydrogen) atoms. The molecular weight excluding hydrogens is 197 g/mol. The molecule has 1 amide bonds. The van der Waals surface area contributed by atoms with Gasteiger partial charge in [0.05, 0.1) is 0 Å². The van der Waals surface area contributed by atoms with Crippen molar-refractivity contribution in [3.63, 3.8) is 0 Å². The third kappa shape index (κ3) is 1.47. The Morgan fingerprint density at radius 2 is 2.07 bits per heavy atom. The molecule has 0 spiro atoms. The van der Waals surface area contributed by atoms with Gasteiger partial charge in [-0.2, -0.15) is 13.2 Å². The highest BCUT2D eigenvalue weighted by Crippen LogP contribution is 2.30. The van der Waals surface area contributed by atoms with Gasteiger partial charge in [-0.3, -0.25) is 4.79 Å². The minimum atomic E-state index is -4.72. The molecule has 2 rings (SSSR count). The summed E-state index contributed by atoms with van der Waals surface area (Å²) in [6, 6.07) is -0.246. The van der Waals surface area contributed by atoms with Crippen LogP contribution < -0.4 is 5.32 Å². The zero-order chi connectivity index (χ0) is 10.3. The maximum Gasteiger partial charge on any atom is 0.471 e. The molecule has 80 valence electrons. The number of fused-ring (bicyclic) bond motifs is 1. The molecule has 3 nitrogen and oxygen atoms in total. The summed E-state index contributed by atoms with van der Waals surface area (Å²) >= 11 is 0. The number of alkyl halides is 3. The zero-order valence-electron chi connectivity index (χ0n) is 7.47. The van der Waals surface area contributed by atoms with Gasteiger partial charge in [0.1, 0.15) is 0 Å². The quantitative estimate of drug-likeness (QED) is 0.623. The van der Waals surface area contributed by atoms with Crippen LogP contribution >= 0.6 is 0 Å². The number of nitrogens with zero attached hydrogens (tertiary/aromatic N) is 1. The van der Waals surface area contributed by atoms with Crippen molar-refractivity contribution < 1.29 is 18.0 Å². The number of carbonyl (C=O) groups is 1. The van der Waals surface area contributed by atoms with E-state index in [4.69, 9.17) is 0 Å². The van der Waals surface area contributed by atoms with Gasteiger partial charge in [0.25, 0.3) is 0 Å². The van der Waals surface area contributed by atoms with Crippen LogP contribution in [0.2, 0.25) is 0 Å². The number of hydrogen-bond acceptors (Lipinski definition) is 2. The lowest BCUT2D eigenvalue weighted by molar-refractivity contribution is -0.186. The number of carbonyl (C=O) groups excluding carboxylic acids is 1. The van der Waals surface area contributed by atoms with Crippen molar-refractivity contribution in [2.75, 3.05) is 19.6 Å². The van der Waals surface area contributed by atoms with Gasteiger partial charge in [-0.1, -0.05) is 0 Å². The van der Waals surface area contributed by atoms with Crippen LogP contribution in [-0.2, 0) is 4.79 Å². The van der Waals surface area contributed by atoms with E-state index in [1.54, 1.807) is 0 Å². The minimum Gasteiger partial charge on any atom is -0.330 e. The average molecular weight is 208 g/mol. The van der Waals surface area contributed by atoms with Crippen molar-refractivity contribution in [1.82, 2.24) is 10.2 Å². The van der Waals surface area contributed by atoms with Crippen LogP contribution in [0.1, 0.15) is 6.42 Å². The lowest BCUT2D eigenvalue weighted by Gasteiger charge is -2.24. The van der Waals surface area contributed by atoms with Crippen molar-refractivity contribution in [3.05, 3.63) is 0 Å². The van der Waals surface area contributed by atoms with E-state index < -0.39 is 12.1 Å². The first-order valence-corrected chi connectivity index (χ1v) is 4.58. The van der Waals surface area contributed by atoms with E-state index in [1.807, 2.05) is 0 Å². The van der Waals surface area contributed by atoms with Crippen LogP contribution in [0, 0.1) is 5.92 Å².